The molecule has 29 heavy (non-hydrogen) atoms. The van der Waals surface area contributed by atoms with Gasteiger partial charge in [-0.2, -0.15) is 5.10 Å². The van der Waals surface area contributed by atoms with E-state index in [0.717, 1.165) is 69.4 Å². The highest BCUT2D eigenvalue weighted by Gasteiger charge is 2.35. The van der Waals surface area contributed by atoms with Crippen LogP contribution in [-0.4, -0.2) is 94.5 Å². The first-order valence-electron chi connectivity index (χ1n) is 10.9. The number of carbonyl (C=O) groups is 1. The van der Waals surface area contributed by atoms with E-state index in [1.54, 1.807) is 4.68 Å². The van der Waals surface area contributed by atoms with Crippen LogP contribution >= 0.6 is 0 Å². The number of hydrogen-bond acceptors (Lipinski definition) is 5. The minimum absolute atomic E-state index is 0.142. The van der Waals surface area contributed by atoms with Gasteiger partial charge in [0, 0.05) is 63.5 Å². The number of benzene rings is 1. The van der Waals surface area contributed by atoms with Crippen molar-refractivity contribution < 1.29 is 9.90 Å². The quantitative estimate of drug-likeness (QED) is 0.793. The van der Waals surface area contributed by atoms with Gasteiger partial charge in [0.2, 0.25) is 5.91 Å². The number of piperidine rings is 1. The van der Waals surface area contributed by atoms with Crippen LogP contribution in [-0.2, 0) is 11.3 Å². The Bertz CT molecular complexity index is 781. The number of piperazine rings is 1. The number of likely N-dealkylation sites (N-methyl/N-ethyl adjacent to an activating group) is 1. The molecule has 3 heterocycles. The third-order valence-corrected chi connectivity index (χ3v) is 6.54. The number of hydrogen-bond donors (Lipinski definition) is 1. The van der Waals surface area contributed by atoms with E-state index in [4.69, 9.17) is 0 Å². The Hall–Kier alpha value is -1.96. The number of amides is 1. The van der Waals surface area contributed by atoms with Gasteiger partial charge < -0.3 is 14.9 Å². The average molecular weight is 400 g/mol. The van der Waals surface area contributed by atoms with E-state index in [2.05, 4.69) is 21.9 Å². The average Bonchev–Trinajstić information content (AvgIpc) is 3.15. The SMILES string of the molecule is CN1CCN([C@H]2CCN(C(=O)Cn3cc4ccccc4n3)C[C@H]2CCCO)CC1. The normalized spacial score (nSPS) is 24.3. The van der Waals surface area contributed by atoms with Crippen LogP contribution in [0.15, 0.2) is 30.5 Å². The van der Waals surface area contributed by atoms with Crippen molar-refractivity contribution in [2.24, 2.45) is 5.92 Å². The van der Waals surface area contributed by atoms with E-state index in [0.29, 0.717) is 18.5 Å². The van der Waals surface area contributed by atoms with Crippen molar-refractivity contribution in [2.75, 3.05) is 52.9 Å². The molecule has 158 valence electrons. The number of likely N-dealkylation sites (tertiary alicyclic amines) is 1. The molecule has 7 heteroatoms. The van der Waals surface area contributed by atoms with Crippen molar-refractivity contribution in [3.05, 3.63) is 30.5 Å². The summed E-state index contributed by atoms with van der Waals surface area (Å²) < 4.78 is 1.77. The molecule has 1 N–H and O–H groups in total. The second-order valence-electron chi connectivity index (χ2n) is 8.55. The van der Waals surface area contributed by atoms with Gasteiger partial charge in [-0.3, -0.25) is 14.4 Å². The monoisotopic (exact) mass is 399 g/mol. The van der Waals surface area contributed by atoms with Crippen LogP contribution in [0.5, 0.6) is 0 Å². The number of carbonyl (C=O) groups excluding carboxylic acids is 1. The zero-order chi connectivity index (χ0) is 20.2. The highest BCUT2D eigenvalue weighted by Crippen LogP contribution is 2.27. The summed E-state index contributed by atoms with van der Waals surface area (Å²) in [6.07, 6.45) is 4.75. The highest BCUT2D eigenvalue weighted by molar-refractivity contribution is 5.80. The summed E-state index contributed by atoms with van der Waals surface area (Å²) in [7, 11) is 2.18. The van der Waals surface area contributed by atoms with Gasteiger partial charge in [-0.05, 0) is 38.3 Å². The lowest BCUT2D eigenvalue weighted by atomic mass is 9.86. The predicted molar refractivity (Wildman–Crippen MR) is 114 cm³/mol. The molecule has 1 amide bonds. The lowest BCUT2D eigenvalue weighted by Crippen LogP contribution is -2.57. The van der Waals surface area contributed by atoms with E-state index >= 15 is 0 Å². The molecule has 2 fully saturated rings. The largest absolute Gasteiger partial charge is 0.396 e. The third kappa shape index (κ3) is 4.79. The molecule has 2 aromatic rings. The fourth-order valence-electron chi connectivity index (χ4n) is 4.85. The Balaban J connectivity index is 1.40. The summed E-state index contributed by atoms with van der Waals surface area (Å²) in [5, 5.41) is 15.0. The molecule has 0 bridgehead atoms. The molecular formula is C22H33N5O2. The minimum Gasteiger partial charge on any atom is -0.396 e. The molecule has 0 unspecified atom stereocenters. The molecule has 2 atom stereocenters. The van der Waals surface area contributed by atoms with Crippen LogP contribution < -0.4 is 0 Å². The third-order valence-electron chi connectivity index (χ3n) is 6.54. The first-order valence-corrected chi connectivity index (χ1v) is 10.9. The Labute approximate surface area is 172 Å². The van der Waals surface area contributed by atoms with Gasteiger partial charge in [-0.1, -0.05) is 18.2 Å². The van der Waals surface area contributed by atoms with Gasteiger partial charge in [0.1, 0.15) is 6.54 Å². The Morgan fingerprint density at radius 3 is 2.72 bits per heavy atom. The molecule has 2 aliphatic heterocycles. The zero-order valence-electron chi connectivity index (χ0n) is 17.4. The lowest BCUT2D eigenvalue weighted by molar-refractivity contribution is -0.135. The number of aromatic nitrogens is 2. The first kappa shape index (κ1) is 20.3. The molecule has 2 saturated heterocycles. The number of aliphatic hydroxyl groups is 1. The van der Waals surface area contributed by atoms with E-state index in [1.165, 1.54) is 0 Å². The summed E-state index contributed by atoms with van der Waals surface area (Å²) in [5.41, 5.74) is 0.926. The van der Waals surface area contributed by atoms with Gasteiger partial charge in [-0.15, -0.1) is 0 Å². The van der Waals surface area contributed by atoms with Crippen molar-refractivity contribution in [3.63, 3.8) is 0 Å². The van der Waals surface area contributed by atoms with Gasteiger partial charge in [0.05, 0.1) is 5.52 Å². The van der Waals surface area contributed by atoms with E-state index in [-0.39, 0.29) is 12.5 Å². The molecule has 2 aliphatic rings. The summed E-state index contributed by atoms with van der Waals surface area (Å²) in [4.78, 5) is 20.0. The van der Waals surface area contributed by atoms with Crippen molar-refractivity contribution in [1.82, 2.24) is 24.5 Å². The maximum atomic E-state index is 13.0. The van der Waals surface area contributed by atoms with Gasteiger partial charge in [-0.25, -0.2) is 0 Å². The Kier molecular flexibility index (Phi) is 6.47. The molecule has 0 spiro atoms. The summed E-state index contributed by atoms with van der Waals surface area (Å²) in [5.74, 6) is 0.573. The lowest BCUT2D eigenvalue weighted by Gasteiger charge is -2.46. The molecule has 7 nitrogen and oxygen atoms in total. The summed E-state index contributed by atoms with van der Waals surface area (Å²) >= 11 is 0. The number of aliphatic hydroxyl groups excluding tert-OH is 1. The maximum Gasteiger partial charge on any atom is 0.244 e. The second-order valence-corrected chi connectivity index (χ2v) is 8.55. The van der Waals surface area contributed by atoms with Crippen molar-refractivity contribution in [2.45, 2.75) is 31.8 Å². The fraction of sp³-hybridized carbons (Fsp3) is 0.636. The maximum absolute atomic E-state index is 13.0. The first-order chi connectivity index (χ1) is 14.1. The highest BCUT2D eigenvalue weighted by atomic mass is 16.3. The van der Waals surface area contributed by atoms with Crippen molar-refractivity contribution >= 4 is 16.8 Å². The van der Waals surface area contributed by atoms with E-state index in [1.807, 2.05) is 35.4 Å². The molecule has 1 aromatic heterocycles. The molecule has 0 radical (unpaired) electrons. The van der Waals surface area contributed by atoms with Crippen LogP contribution in [0.4, 0.5) is 0 Å². The van der Waals surface area contributed by atoms with Crippen LogP contribution in [0, 0.1) is 5.92 Å². The van der Waals surface area contributed by atoms with E-state index in [9.17, 15) is 9.90 Å². The van der Waals surface area contributed by atoms with Crippen LogP contribution in [0.25, 0.3) is 10.9 Å². The predicted octanol–water partition coefficient (Wildman–Crippen LogP) is 1.27. The Morgan fingerprint density at radius 1 is 1.17 bits per heavy atom. The topological polar surface area (TPSA) is 64.8 Å². The molecule has 0 aliphatic carbocycles. The van der Waals surface area contributed by atoms with Crippen molar-refractivity contribution in [3.8, 4) is 0 Å². The number of nitrogens with zero attached hydrogens (tertiary/aromatic N) is 5. The van der Waals surface area contributed by atoms with Crippen LogP contribution in [0.3, 0.4) is 0 Å². The van der Waals surface area contributed by atoms with Crippen LogP contribution in [0.1, 0.15) is 19.3 Å². The van der Waals surface area contributed by atoms with Crippen LogP contribution in [0.2, 0.25) is 0 Å². The van der Waals surface area contributed by atoms with E-state index < -0.39 is 0 Å². The summed E-state index contributed by atoms with van der Waals surface area (Å²) in [6, 6.07) is 8.48. The van der Waals surface area contributed by atoms with Gasteiger partial charge >= 0.3 is 0 Å². The Morgan fingerprint density at radius 2 is 1.97 bits per heavy atom. The zero-order valence-corrected chi connectivity index (χ0v) is 17.4. The molecular weight excluding hydrogens is 366 g/mol. The second kappa shape index (κ2) is 9.24. The molecule has 0 saturated carbocycles. The van der Waals surface area contributed by atoms with Gasteiger partial charge in [0.15, 0.2) is 0 Å². The van der Waals surface area contributed by atoms with Gasteiger partial charge in [0.25, 0.3) is 0 Å². The number of rotatable bonds is 6. The minimum atomic E-state index is 0.142. The number of fused-ring (bicyclic) bond motifs is 1. The smallest absolute Gasteiger partial charge is 0.244 e. The molecule has 4 rings (SSSR count). The standard InChI is InChI=1S/C22H33N5O2/c1-24-10-12-25(13-11-24)21-8-9-26(15-19(21)6-4-14-28)22(29)17-27-16-18-5-2-3-7-20(18)23-27/h2-3,5,7,16,19,21,28H,4,6,8-15,17H2,1H3/t19-,21+/m1/s1. The van der Waals surface area contributed by atoms with Crippen molar-refractivity contribution in [1.29, 1.82) is 0 Å². The summed E-state index contributed by atoms with van der Waals surface area (Å²) in [6.45, 7) is 6.54. The fourth-order valence-corrected chi connectivity index (χ4v) is 4.85. The molecule has 1 aromatic carbocycles.